The van der Waals surface area contributed by atoms with Gasteiger partial charge in [0.25, 0.3) is 0 Å². The lowest BCUT2D eigenvalue weighted by Gasteiger charge is -2.06. The lowest BCUT2D eigenvalue weighted by atomic mass is 10.3. The number of esters is 1. The highest BCUT2D eigenvalue weighted by Crippen LogP contribution is 2.17. The first-order valence-electron chi connectivity index (χ1n) is 5.35. The Morgan fingerprint density at radius 2 is 1.84 bits per heavy atom. The van der Waals surface area contributed by atoms with E-state index in [0.717, 1.165) is 7.11 Å². The summed E-state index contributed by atoms with van der Waals surface area (Å²) in [5.74, 6) is -0.161. The molecule has 0 aliphatic heterocycles. The Morgan fingerprint density at radius 3 is 2.37 bits per heavy atom. The summed E-state index contributed by atoms with van der Waals surface area (Å²) in [4.78, 5) is 15.1. The summed E-state index contributed by atoms with van der Waals surface area (Å²) in [5.41, 5.74) is 0. The number of ether oxygens (including phenoxy) is 2. The topological polar surface area (TPSA) is 88.1 Å². The molecule has 0 radical (unpaired) electrons. The SMILES string of the molecule is CCOC(=O)COc1ccc(S(=O)(=O)OOC)cc1. The summed E-state index contributed by atoms with van der Waals surface area (Å²) in [6.07, 6.45) is 0. The van der Waals surface area contributed by atoms with Gasteiger partial charge in [-0.15, -0.1) is 4.33 Å². The van der Waals surface area contributed by atoms with E-state index in [0.29, 0.717) is 5.75 Å². The minimum Gasteiger partial charge on any atom is -0.482 e. The number of rotatable bonds is 7. The van der Waals surface area contributed by atoms with Gasteiger partial charge in [0.15, 0.2) is 6.61 Å². The number of carbonyl (C=O) groups is 1. The van der Waals surface area contributed by atoms with E-state index in [2.05, 4.69) is 14.0 Å². The Labute approximate surface area is 111 Å². The fraction of sp³-hybridized carbons (Fsp3) is 0.364. The molecule has 0 bridgehead atoms. The summed E-state index contributed by atoms with van der Waals surface area (Å²) in [6.45, 7) is 1.72. The van der Waals surface area contributed by atoms with Crippen molar-refractivity contribution in [1.82, 2.24) is 0 Å². The van der Waals surface area contributed by atoms with E-state index in [1.54, 1.807) is 6.92 Å². The molecule has 0 saturated carbocycles. The van der Waals surface area contributed by atoms with E-state index >= 15 is 0 Å². The van der Waals surface area contributed by atoms with Gasteiger partial charge in [0, 0.05) is 0 Å². The van der Waals surface area contributed by atoms with E-state index in [9.17, 15) is 13.2 Å². The van der Waals surface area contributed by atoms with Gasteiger partial charge in [-0.3, -0.25) is 0 Å². The molecule has 1 aromatic carbocycles. The van der Waals surface area contributed by atoms with Crippen LogP contribution in [0.25, 0.3) is 0 Å². The van der Waals surface area contributed by atoms with Crippen LogP contribution >= 0.6 is 0 Å². The smallest absolute Gasteiger partial charge is 0.344 e. The lowest BCUT2D eigenvalue weighted by molar-refractivity contribution is -0.172. The molecule has 106 valence electrons. The van der Waals surface area contributed by atoms with Crippen LogP contribution in [0.15, 0.2) is 29.2 Å². The standard InChI is InChI=1S/C11H14O7S/c1-3-16-11(12)8-17-9-4-6-10(7-5-9)19(13,14)18-15-2/h4-7H,3,8H2,1-2H3. The fourth-order valence-electron chi connectivity index (χ4n) is 1.18. The van der Waals surface area contributed by atoms with Crippen LogP contribution < -0.4 is 4.74 Å². The van der Waals surface area contributed by atoms with Gasteiger partial charge < -0.3 is 9.47 Å². The van der Waals surface area contributed by atoms with Crippen molar-refractivity contribution in [2.24, 2.45) is 0 Å². The lowest BCUT2D eigenvalue weighted by Crippen LogP contribution is -2.14. The maximum absolute atomic E-state index is 11.4. The van der Waals surface area contributed by atoms with E-state index in [1.807, 2.05) is 0 Å². The van der Waals surface area contributed by atoms with Gasteiger partial charge in [-0.1, -0.05) is 0 Å². The monoisotopic (exact) mass is 290 g/mol. The zero-order valence-electron chi connectivity index (χ0n) is 10.5. The fourth-order valence-corrected chi connectivity index (χ4v) is 1.90. The third-order valence-electron chi connectivity index (χ3n) is 1.93. The van der Waals surface area contributed by atoms with Crippen LogP contribution in [0.2, 0.25) is 0 Å². The van der Waals surface area contributed by atoms with Gasteiger partial charge in [0.1, 0.15) is 5.75 Å². The van der Waals surface area contributed by atoms with Gasteiger partial charge >= 0.3 is 16.1 Å². The Kier molecular flexibility index (Phi) is 5.74. The zero-order valence-corrected chi connectivity index (χ0v) is 11.3. The van der Waals surface area contributed by atoms with Crippen molar-refractivity contribution >= 4 is 16.1 Å². The van der Waals surface area contributed by atoms with Crippen molar-refractivity contribution in [3.63, 3.8) is 0 Å². The molecule has 8 heteroatoms. The molecular formula is C11H14O7S. The van der Waals surface area contributed by atoms with Crippen molar-refractivity contribution in [3.8, 4) is 5.75 Å². The van der Waals surface area contributed by atoms with Gasteiger partial charge in [-0.25, -0.2) is 9.68 Å². The summed E-state index contributed by atoms with van der Waals surface area (Å²) in [7, 11) is -2.84. The predicted molar refractivity (Wildman–Crippen MR) is 63.8 cm³/mol. The van der Waals surface area contributed by atoms with E-state index in [4.69, 9.17) is 4.74 Å². The van der Waals surface area contributed by atoms with Gasteiger partial charge in [0.2, 0.25) is 0 Å². The molecular weight excluding hydrogens is 276 g/mol. The van der Waals surface area contributed by atoms with Gasteiger partial charge in [-0.2, -0.15) is 8.42 Å². The molecule has 0 saturated heterocycles. The molecule has 1 aromatic rings. The van der Waals surface area contributed by atoms with Crippen LogP contribution in [-0.2, 0) is 28.9 Å². The molecule has 0 fully saturated rings. The van der Waals surface area contributed by atoms with E-state index < -0.39 is 16.1 Å². The van der Waals surface area contributed by atoms with Crippen molar-refractivity contribution in [2.45, 2.75) is 11.8 Å². The third kappa shape index (κ3) is 4.86. The van der Waals surface area contributed by atoms with Crippen molar-refractivity contribution in [2.75, 3.05) is 20.3 Å². The molecule has 0 unspecified atom stereocenters. The van der Waals surface area contributed by atoms with E-state index in [1.165, 1.54) is 24.3 Å². The first-order chi connectivity index (χ1) is 8.99. The quantitative estimate of drug-likeness (QED) is 0.418. The molecule has 19 heavy (non-hydrogen) atoms. The molecule has 1 rings (SSSR count). The number of carbonyl (C=O) groups excluding carboxylic acids is 1. The molecule has 0 N–H and O–H groups in total. The second kappa shape index (κ2) is 7.07. The van der Waals surface area contributed by atoms with Crippen LogP contribution in [0, 0.1) is 0 Å². The summed E-state index contributed by atoms with van der Waals surface area (Å²) in [6, 6.07) is 5.33. The molecule has 0 aliphatic carbocycles. The molecule has 0 amide bonds. The van der Waals surface area contributed by atoms with Crippen molar-refractivity contribution in [3.05, 3.63) is 24.3 Å². The maximum atomic E-state index is 11.4. The first-order valence-corrected chi connectivity index (χ1v) is 6.76. The average molecular weight is 290 g/mol. The highest BCUT2D eigenvalue weighted by molar-refractivity contribution is 7.86. The van der Waals surface area contributed by atoms with Crippen LogP contribution in [-0.4, -0.2) is 34.7 Å². The Balaban J connectivity index is 2.64. The Bertz CT molecular complexity index is 506. The third-order valence-corrected chi connectivity index (χ3v) is 3.10. The predicted octanol–water partition coefficient (Wildman–Crippen LogP) is 0.895. The number of benzene rings is 1. The Hall–Kier alpha value is -1.64. The molecule has 0 aliphatic rings. The van der Waals surface area contributed by atoms with E-state index in [-0.39, 0.29) is 18.1 Å². The maximum Gasteiger partial charge on any atom is 0.344 e. The number of hydrogen-bond acceptors (Lipinski definition) is 7. The molecule has 0 aromatic heterocycles. The van der Waals surface area contributed by atoms with Crippen molar-refractivity contribution in [1.29, 1.82) is 0 Å². The summed E-state index contributed by atoms with van der Waals surface area (Å²) < 4.78 is 36.8. The highest BCUT2D eigenvalue weighted by Gasteiger charge is 2.15. The van der Waals surface area contributed by atoms with Crippen LogP contribution in [0.3, 0.4) is 0 Å². The Morgan fingerprint density at radius 1 is 1.21 bits per heavy atom. The zero-order chi connectivity index (χ0) is 14.3. The van der Waals surface area contributed by atoms with Crippen molar-refractivity contribution < 1.29 is 31.9 Å². The molecule has 0 atom stereocenters. The number of hydrogen-bond donors (Lipinski definition) is 0. The van der Waals surface area contributed by atoms with Crippen LogP contribution in [0.5, 0.6) is 5.75 Å². The van der Waals surface area contributed by atoms with Gasteiger partial charge in [-0.05, 0) is 31.2 Å². The van der Waals surface area contributed by atoms with Gasteiger partial charge in [0.05, 0.1) is 18.6 Å². The minimum absolute atomic E-state index is 0.0853. The molecule has 0 spiro atoms. The largest absolute Gasteiger partial charge is 0.482 e. The first kappa shape index (κ1) is 15.4. The average Bonchev–Trinajstić information content (AvgIpc) is 2.37. The molecule has 0 heterocycles. The van der Waals surface area contributed by atoms with Crippen LogP contribution in [0.4, 0.5) is 0 Å². The normalized spacial score (nSPS) is 11.1. The second-order valence-electron chi connectivity index (χ2n) is 3.25. The second-order valence-corrected chi connectivity index (χ2v) is 4.77. The van der Waals surface area contributed by atoms with Crippen LogP contribution in [0.1, 0.15) is 6.92 Å². The molecule has 7 nitrogen and oxygen atoms in total. The highest BCUT2D eigenvalue weighted by atomic mass is 32.2. The summed E-state index contributed by atoms with van der Waals surface area (Å²) in [5, 5.41) is 0. The minimum atomic E-state index is -3.94. The summed E-state index contributed by atoms with van der Waals surface area (Å²) >= 11 is 0.